The predicted molar refractivity (Wildman–Crippen MR) is 129 cm³/mol. The molecule has 0 atom stereocenters. The lowest BCUT2D eigenvalue weighted by Crippen LogP contribution is -2.36. The maximum absolute atomic E-state index is 13.6. The summed E-state index contributed by atoms with van der Waals surface area (Å²) >= 11 is 1.32. The number of fused-ring (bicyclic) bond motifs is 1. The van der Waals surface area contributed by atoms with Gasteiger partial charge < -0.3 is 9.64 Å². The second-order valence-electron chi connectivity index (χ2n) is 7.45. The number of benzene rings is 2. The Bertz CT molecular complexity index is 996. The van der Waals surface area contributed by atoms with E-state index in [-0.39, 0.29) is 24.1 Å². The summed E-state index contributed by atoms with van der Waals surface area (Å²) in [6.45, 7) is 3.95. The lowest BCUT2D eigenvalue weighted by molar-refractivity contribution is 0.0984. The van der Waals surface area contributed by atoms with Crippen molar-refractivity contribution >= 4 is 45.0 Å². The first-order valence-electron chi connectivity index (χ1n) is 10.2. The van der Waals surface area contributed by atoms with Crippen LogP contribution in [-0.2, 0) is 0 Å². The molecule has 168 valence electrons. The molecule has 1 heterocycles. The summed E-state index contributed by atoms with van der Waals surface area (Å²) < 4.78 is 20.1. The van der Waals surface area contributed by atoms with Gasteiger partial charge in [-0.3, -0.25) is 9.69 Å². The van der Waals surface area contributed by atoms with E-state index in [0.717, 1.165) is 24.0 Å². The summed E-state index contributed by atoms with van der Waals surface area (Å²) in [6.07, 6.45) is 3.25. The fraction of sp³-hybridized carbons (Fsp3) is 0.391. The highest BCUT2D eigenvalue weighted by molar-refractivity contribution is 7.22. The van der Waals surface area contributed by atoms with Crippen molar-refractivity contribution in [1.82, 2.24) is 9.88 Å². The first kappa shape index (κ1) is 25.0. The van der Waals surface area contributed by atoms with E-state index < -0.39 is 0 Å². The summed E-state index contributed by atoms with van der Waals surface area (Å²) in [7, 11) is 3.92. The van der Waals surface area contributed by atoms with Crippen molar-refractivity contribution in [3.63, 3.8) is 0 Å². The molecule has 0 saturated heterocycles. The molecule has 31 heavy (non-hydrogen) atoms. The van der Waals surface area contributed by atoms with E-state index in [4.69, 9.17) is 4.74 Å². The number of unbranched alkanes of at least 4 members (excludes halogenated alkanes) is 2. The number of hydrogen-bond donors (Lipinski definition) is 0. The number of carbonyl (C=O) groups is 1. The second-order valence-corrected chi connectivity index (χ2v) is 8.46. The van der Waals surface area contributed by atoms with Crippen LogP contribution in [0.1, 0.15) is 36.5 Å². The van der Waals surface area contributed by atoms with E-state index in [9.17, 15) is 9.18 Å². The first-order valence-corrected chi connectivity index (χ1v) is 11.0. The van der Waals surface area contributed by atoms with Crippen LogP contribution in [0, 0.1) is 5.82 Å². The zero-order valence-corrected chi connectivity index (χ0v) is 19.8. The molecule has 0 bridgehead atoms. The number of anilines is 1. The molecule has 8 heteroatoms. The minimum atomic E-state index is -0.309. The average molecular weight is 466 g/mol. The van der Waals surface area contributed by atoms with Crippen LogP contribution in [0.4, 0.5) is 9.52 Å². The quantitative estimate of drug-likeness (QED) is 0.364. The zero-order valence-electron chi connectivity index (χ0n) is 18.1. The Labute approximate surface area is 193 Å². The van der Waals surface area contributed by atoms with E-state index in [1.807, 2.05) is 31.1 Å². The number of aromatic nitrogens is 1. The van der Waals surface area contributed by atoms with Gasteiger partial charge in [-0.15, -0.1) is 12.4 Å². The van der Waals surface area contributed by atoms with Crippen molar-refractivity contribution in [2.75, 3.05) is 38.7 Å². The average Bonchev–Trinajstić information content (AvgIpc) is 3.14. The molecule has 2 aromatic carbocycles. The number of halogens is 2. The summed E-state index contributed by atoms with van der Waals surface area (Å²) in [5, 5.41) is 0.566. The molecule has 0 aliphatic rings. The molecule has 0 spiro atoms. The Morgan fingerprint density at radius 1 is 1.13 bits per heavy atom. The third-order valence-corrected chi connectivity index (χ3v) is 5.72. The Kier molecular flexibility index (Phi) is 9.68. The van der Waals surface area contributed by atoms with Crippen LogP contribution in [0.25, 0.3) is 10.2 Å². The predicted octanol–water partition coefficient (Wildman–Crippen LogP) is 5.63. The number of ether oxygens (including phenoxy) is 1. The van der Waals surface area contributed by atoms with Crippen molar-refractivity contribution < 1.29 is 13.9 Å². The van der Waals surface area contributed by atoms with Crippen LogP contribution in [0.2, 0.25) is 0 Å². The van der Waals surface area contributed by atoms with Gasteiger partial charge in [0.1, 0.15) is 11.6 Å². The number of nitrogens with zero attached hydrogens (tertiary/aromatic N) is 3. The molecule has 0 radical (unpaired) electrons. The van der Waals surface area contributed by atoms with Gasteiger partial charge in [-0.2, -0.15) is 0 Å². The smallest absolute Gasteiger partial charge is 0.260 e. The third-order valence-electron chi connectivity index (χ3n) is 4.68. The Morgan fingerprint density at radius 2 is 1.94 bits per heavy atom. The van der Waals surface area contributed by atoms with Gasteiger partial charge in [0.05, 0.1) is 16.8 Å². The zero-order chi connectivity index (χ0) is 21.5. The van der Waals surface area contributed by atoms with Crippen LogP contribution in [0.5, 0.6) is 5.75 Å². The Morgan fingerprint density at radius 3 is 2.68 bits per heavy atom. The van der Waals surface area contributed by atoms with E-state index in [0.29, 0.717) is 41.7 Å². The van der Waals surface area contributed by atoms with Gasteiger partial charge in [-0.1, -0.05) is 37.2 Å². The van der Waals surface area contributed by atoms with Gasteiger partial charge in [-0.05, 0) is 56.9 Å². The minimum Gasteiger partial charge on any atom is -0.494 e. The molecule has 1 amide bonds. The SMILES string of the molecule is CCCCCOc1cccc(C(=O)N(CCN(C)C)c2nc3ccc(F)cc3s2)c1.Cl. The maximum Gasteiger partial charge on any atom is 0.260 e. The van der Waals surface area contributed by atoms with Crippen LogP contribution < -0.4 is 9.64 Å². The molecule has 0 aliphatic heterocycles. The summed E-state index contributed by atoms with van der Waals surface area (Å²) in [4.78, 5) is 21.6. The lowest BCUT2D eigenvalue weighted by Gasteiger charge is -2.22. The van der Waals surface area contributed by atoms with Crippen molar-refractivity contribution in [3.05, 3.63) is 53.8 Å². The van der Waals surface area contributed by atoms with Crippen molar-refractivity contribution in [2.24, 2.45) is 0 Å². The van der Waals surface area contributed by atoms with Crippen molar-refractivity contribution in [1.29, 1.82) is 0 Å². The molecule has 0 aliphatic carbocycles. The highest BCUT2D eigenvalue weighted by Gasteiger charge is 2.22. The number of amides is 1. The second kappa shape index (κ2) is 12.0. The maximum atomic E-state index is 13.6. The van der Waals surface area contributed by atoms with Crippen LogP contribution in [-0.4, -0.2) is 49.6 Å². The molecular weight excluding hydrogens is 437 g/mol. The molecule has 5 nitrogen and oxygen atoms in total. The highest BCUT2D eigenvalue weighted by atomic mass is 35.5. The summed E-state index contributed by atoms with van der Waals surface area (Å²) in [5.41, 5.74) is 1.24. The highest BCUT2D eigenvalue weighted by Crippen LogP contribution is 2.30. The number of carbonyl (C=O) groups excluding carboxylic acids is 1. The van der Waals surface area contributed by atoms with Crippen LogP contribution in [0.15, 0.2) is 42.5 Å². The standard InChI is InChI=1S/C23H28FN3O2S.ClH/c1-4-5-6-14-29-19-9-7-8-17(15-19)22(28)27(13-12-26(2)3)23-25-20-11-10-18(24)16-21(20)30-23;/h7-11,15-16H,4-6,12-14H2,1-3H3;1H. The first-order chi connectivity index (χ1) is 14.5. The number of likely N-dealkylation sites (N-methyl/N-ethyl adjacent to an activating group) is 1. The van der Waals surface area contributed by atoms with Gasteiger partial charge in [0, 0.05) is 18.7 Å². The van der Waals surface area contributed by atoms with E-state index >= 15 is 0 Å². The molecular formula is C23H29ClFN3O2S. The van der Waals surface area contributed by atoms with E-state index in [1.54, 1.807) is 23.1 Å². The molecule has 1 aromatic heterocycles. The van der Waals surface area contributed by atoms with Crippen LogP contribution >= 0.6 is 23.7 Å². The van der Waals surface area contributed by atoms with Crippen LogP contribution in [0.3, 0.4) is 0 Å². The van der Waals surface area contributed by atoms with Crippen molar-refractivity contribution in [3.8, 4) is 5.75 Å². The van der Waals surface area contributed by atoms with Gasteiger partial charge in [-0.25, -0.2) is 9.37 Å². The Hall–Kier alpha value is -2.22. The fourth-order valence-corrected chi connectivity index (χ4v) is 4.02. The minimum absolute atomic E-state index is 0. The molecule has 3 aromatic rings. The third kappa shape index (κ3) is 6.89. The molecule has 0 unspecified atom stereocenters. The van der Waals surface area contributed by atoms with E-state index in [1.165, 1.54) is 23.5 Å². The molecule has 3 rings (SSSR count). The molecule has 0 fully saturated rings. The van der Waals surface area contributed by atoms with Gasteiger partial charge in [0.2, 0.25) is 0 Å². The van der Waals surface area contributed by atoms with Gasteiger partial charge in [0.15, 0.2) is 5.13 Å². The van der Waals surface area contributed by atoms with Crippen molar-refractivity contribution in [2.45, 2.75) is 26.2 Å². The van der Waals surface area contributed by atoms with E-state index in [2.05, 4.69) is 11.9 Å². The lowest BCUT2D eigenvalue weighted by atomic mass is 10.2. The number of rotatable bonds is 10. The van der Waals surface area contributed by atoms with Gasteiger partial charge in [0.25, 0.3) is 5.91 Å². The van der Waals surface area contributed by atoms with Gasteiger partial charge >= 0.3 is 0 Å². The largest absolute Gasteiger partial charge is 0.494 e. The Balaban J connectivity index is 0.00000341. The normalized spacial score (nSPS) is 10.9. The number of hydrogen-bond acceptors (Lipinski definition) is 5. The fourth-order valence-electron chi connectivity index (χ4n) is 3.00. The topological polar surface area (TPSA) is 45.7 Å². The summed E-state index contributed by atoms with van der Waals surface area (Å²) in [6, 6.07) is 11.8. The molecule has 0 N–H and O–H groups in total. The monoisotopic (exact) mass is 465 g/mol. The number of thiazole rings is 1. The molecule has 0 saturated carbocycles. The summed E-state index contributed by atoms with van der Waals surface area (Å²) in [5.74, 6) is 0.239.